The van der Waals surface area contributed by atoms with Crippen LogP contribution in [0, 0.1) is 6.92 Å². The molecule has 0 saturated heterocycles. The van der Waals surface area contributed by atoms with E-state index in [1.165, 1.54) is 11.3 Å². The number of thiazole rings is 1. The number of hydrogen-bond acceptors (Lipinski definition) is 6. The standard InChI is InChI=1S/C18H15ClN2O3S2/c1-11-4-5-12(19)7-14(11)21-16(22)9-24-17(23)8-13-10-26-18(20-13)15-3-2-6-25-15/h2-7,10H,8-9H2,1H3,(H,21,22). The van der Waals surface area contributed by atoms with E-state index in [-0.39, 0.29) is 13.0 Å². The molecule has 2 aromatic heterocycles. The summed E-state index contributed by atoms with van der Waals surface area (Å²) in [6.45, 7) is 1.50. The summed E-state index contributed by atoms with van der Waals surface area (Å²) in [5, 5.41) is 7.88. The fourth-order valence-corrected chi connectivity index (χ4v) is 3.97. The SMILES string of the molecule is Cc1ccc(Cl)cc1NC(=O)COC(=O)Cc1csc(-c2cccs2)n1. The summed E-state index contributed by atoms with van der Waals surface area (Å²) >= 11 is 8.99. The van der Waals surface area contributed by atoms with Crippen molar-refractivity contribution < 1.29 is 14.3 Å². The summed E-state index contributed by atoms with van der Waals surface area (Å²) in [5.74, 6) is -0.910. The summed E-state index contributed by atoms with van der Waals surface area (Å²) in [6.07, 6.45) is 0.0331. The van der Waals surface area contributed by atoms with E-state index in [4.69, 9.17) is 16.3 Å². The molecule has 0 bridgehead atoms. The van der Waals surface area contributed by atoms with Crippen LogP contribution in [0.1, 0.15) is 11.3 Å². The van der Waals surface area contributed by atoms with Gasteiger partial charge in [0.2, 0.25) is 0 Å². The summed E-state index contributed by atoms with van der Waals surface area (Å²) in [6, 6.07) is 9.13. The molecule has 0 aliphatic rings. The third-order valence-electron chi connectivity index (χ3n) is 3.45. The van der Waals surface area contributed by atoms with Crippen molar-refractivity contribution in [2.45, 2.75) is 13.3 Å². The number of esters is 1. The monoisotopic (exact) mass is 406 g/mol. The third-order valence-corrected chi connectivity index (χ3v) is 5.61. The van der Waals surface area contributed by atoms with Crippen LogP contribution in [0.5, 0.6) is 0 Å². The second kappa shape index (κ2) is 8.44. The molecule has 3 aromatic rings. The van der Waals surface area contributed by atoms with Gasteiger partial charge in [-0.1, -0.05) is 23.7 Å². The molecular weight excluding hydrogens is 392 g/mol. The van der Waals surface area contributed by atoms with Crippen molar-refractivity contribution in [3.8, 4) is 9.88 Å². The first-order valence-electron chi connectivity index (χ1n) is 7.71. The summed E-state index contributed by atoms with van der Waals surface area (Å²) in [7, 11) is 0. The number of hydrogen-bond donors (Lipinski definition) is 1. The van der Waals surface area contributed by atoms with E-state index >= 15 is 0 Å². The molecule has 134 valence electrons. The Morgan fingerprint density at radius 2 is 2.12 bits per heavy atom. The number of carbonyl (C=O) groups excluding carboxylic acids is 2. The molecule has 1 amide bonds. The highest BCUT2D eigenvalue weighted by Gasteiger charge is 2.13. The first-order chi connectivity index (χ1) is 12.5. The Bertz CT molecular complexity index is 922. The maximum absolute atomic E-state index is 11.9. The molecule has 0 radical (unpaired) electrons. The van der Waals surface area contributed by atoms with Crippen molar-refractivity contribution in [1.82, 2.24) is 4.98 Å². The molecule has 0 fully saturated rings. The van der Waals surface area contributed by atoms with Crippen LogP contribution in [-0.2, 0) is 20.7 Å². The highest BCUT2D eigenvalue weighted by molar-refractivity contribution is 7.20. The largest absolute Gasteiger partial charge is 0.455 e. The van der Waals surface area contributed by atoms with Gasteiger partial charge in [0, 0.05) is 16.1 Å². The highest BCUT2D eigenvalue weighted by atomic mass is 35.5. The molecule has 0 aliphatic carbocycles. The number of nitrogens with zero attached hydrogens (tertiary/aromatic N) is 1. The lowest BCUT2D eigenvalue weighted by atomic mass is 10.2. The van der Waals surface area contributed by atoms with Gasteiger partial charge < -0.3 is 10.1 Å². The van der Waals surface area contributed by atoms with E-state index in [9.17, 15) is 9.59 Å². The van der Waals surface area contributed by atoms with E-state index in [1.54, 1.807) is 29.5 Å². The maximum atomic E-state index is 11.9. The Morgan fingerprint density at radius 1 is 1.27 bits per heavy atom. The molecule has 0 unspecified atom stereocenters. The number of thiophene rings is 1. The van der Waals surface area contributed by atoms with Gasteiger partial charge in [-0.05, 0) is 36.1 Å². The Kier molecular flexibility index (Phi) is 6.03. The quantitative estimate of drug-likeness (QED) is 0.609. The lowest BCUT2D eigenvalue weighted by Crippen LogP contribution is -2.22. The molecular formula is C18H15ClN2O3S2. The Balaban J connectivity index is 1.49. The van der Waals surface area contributed by atoms with Crippen molar-refractivity contribution in [3.63, 3.8) is 0 Å². The zero-order chi connectivity index (χ0) is 18.5. The lowest BCUT2D eigenvalue weighted by molar-refractivity contribution is -0.146. The summed E-state index contributed by atoms with van der Waals surface area (Å²) in [4.78, 5) is 29.4. The predicted molar refractivity (Wildman–Crippen MR) is 105 cm³/mol. The van der Waals surface area contributed by atoms with Crippen LogP contribution in [0.3, 0.4) is 0 Å². The number of halogens is 1. The Hall–Kier alpha value is -2.22. The van der Waals surface area contributed by atoms with Crippen LogP contribution in [0.4, 0.5) is 5.69 Å². The first kappa shape index (κ1) is 18.6. The van der Waals surface area contributed by atoms with Crippen LogP contribution >= 0.6 is 34.3 Å². The van der Waals surface area contributed by atoms with Crippen molar-refractivity contribution in [2.75, 3.05) is 11.9 Å². The molecule has 2 heterocycles. The Labute approximate surface area is 163 Å². The van der Waals surface area contributed by atoms with Gasteiger partial charge in [0.25, 0.3) is 5.91 Å². The van der Waals surface area contributed by atoms with Crippen LogP contribution in [0.15, 0.2) is 41.1 Å². The molecule has 1 aromatic carbocycles. The normalized spacial score (nSPS) is 10.5. The number of aryl methyl sites for hydroxylation is 1. The third kappa shape index (κ3) is 4.91. The molecule has 0 spiro atoms. The zero-order valence-corrected chi connectivity index (χ0v) is 16.2. The van der Waals surface area contributed by atoms with Gasteiger partial charge in [-0.2, -0.15) is 0 Å². The predicted octanol–water partition coefficient (Wildman–Crippen LogP) is 4.56. The summed E-state index contributed by atoms with van der Waals surface area (Å²) < 4.78 is 5.03. The molecule has 5 nitrogen and oxygen atoms in total. The number of aromatic nitrogens is 1. The van der Waals surface area contributed by atoms with Crippen LogP contribution in [0.25, 0.3) is 9.88 Å². The van der Waals surface area contributed by atoms with Gasteiger partial charge in [-0.15, -0.1) is 22.7 Å². The van der Waals surface area contributed by atoms with Crippen molar-refractivity contribution in [2.24, 2.45) is 0 Å². The smallest absolute Gasteiger partial charge is 0.312 e. The molecule has 26 heavy (non-hydrogen) atoms. The molecule has 0 aliphatic heterocycles. The number of amides is 1. The van der Waals surface area contributed by atoms with Gasteiger partial charge in [0.15, 0.2) is 6.61 Å². The summed E-state index contributed by atoms with van der Waals surface area (Å²) in [5.41, 5.74) is 2.10. The number of carbonyl (C=O) groups is 2. The van der Waals surface area contributed by atoms with E-state index in [2.05, 4.69) is 10.3 Å². The number of nitrogens with one attached hydrogen (secondary N) is 1. The second-order valence-corrected chi connectivity index (χ2v) is 7.71. The number of rotatable bonds is 6. The minimum Gasteiger partial charge on any atom is -0.455 e. The van der Waals surface area contributed by atoms with Gasteiger partial charge in [0.05, 0.1) is 17.0 Å². The molecule has 3 rings (SSSR count). The van der Waals surface area contributed by atoms with Gasteiger partial charge in [-0.25, -0.2) is 4.98 Å². The fraction of sp³-hybridized carbons (Fsp3) is 0.167. The van der Waals surface area contributed by atoms with Gasteiger partial charge >= 0.3 is 5.97 Å². The van der Waals surface area contributed by atoms with Crippen molar-refractivity contribution in [3.05, 3.63) is 57.4 Å². The van der Waals surface area contributed by atoms with E-state index < -0.39 is 11.9 Å². The molecule has 8 heteroatoms. The average molecular weight is 407 g/mol. The van der Waals surface area contributed by atoms with Crippen molar-refractivity contribution >= 4 is 51.8 Å². The van der Waals surface area contributed by atoms with E-state index in [0.29, 0.717) is 16.4 Å². The van der Waals surface area contributed by atoms with Crippen molar-refractivity contribution in [1.29, 1.82) is 0 Å². The molecule has 0 saturated carbocycles. The minimum absolute atomic E-state index is 0.0331. The minimum atomic E-state index is -0.494. The zero-order valence-electron chi connectivity index (χ0n) is 13.8. The fourth-order valence-electron chi connectivity index (χ4n) is 2.16. The van der Waals surface area contributed by atoms with Crippen LogP contribution < -0.4 is 5.32 Å². The average Bonchev–Trinajstić information content (AvgIpc) is 3.28. The molecule has 0 atom stereocenters. The number of ether oxygens (including phenoxy) is 1. The Morgan fingerprint density at radius 3 is 2.88 bits per heavy atom. The van der Waals surface area contributed by atoms with E-state index in [0.717, 1.165) is 15.4 Å². The first-order valence-corrected chi connectivity index (χ1v) is 9.85. The maximum Gasteiger partial charge on any atom is 0.312 e. The van der Waals surface area contributed by atoms with Gasteiger partial charge in [-0.3, -0.25) is 9.59 Å². The van der Waals surface area contributed by atoms with Gasteiger partial charge in [0.1, 0.15) is 5.01 Å². The topological polar surface area (TPSA) is 68.3 Å². The second-order valence-electron chi connectivity index (χ2n) is 5.47. The molecule has 1 N–H and O–H groups in total. The number of anilines is 1. The van der Waals surface area contributed by atoms with E-state index in [1.807, 2.05) is 29.8 Å². The van der Waals surface area contributed by atoms with Crippen LogP contribution in [0.2, 0.25) is 5.02 Å². The van der Waals surface area contributed by atoms with Crippen LogP contribution in [-0.4, -0.2) is 23.5 Å². The lowest BCUT2D eigenvalue weighted by Gasteiger charge is -2.09. The highest BCUT2D eigenvalue weighted by Crippen LogP contribution is 2.28. The number of benzene rings is 1.